The molecule has 1 unspecified atom stereocenters. The lowest BCUT2D eigenvalue weighted by Crippen LogP contribution is -2.17. The maximum absolute atomic E-state index is 12.9. The standard InChI is InChI=1S/C27H34N4O3S2/c1-7-31-23(17-9-11-18(12-10-17)27(3,4)5)29-30-26(31)35-15-21(32)28-24-22(25(33)34-6)19-13-8-16(2)14-20(19)36-24/h9-12,16H,7-8,13-15H2,1-6H3,(H,28,32). The summed E-state index contributed by atoms with van der Waals surface area (Å²) in [5.41, 5.74) is 3.88. The van der Waals surface area contributed by atoms with Crippen LogP contribution in [0.25, 0.3) is 11.4 Å². The van der Waals surface area contributed by atoms with Crippen LogP contribution in [0.5, 0.6) is 0 Å². The van der Waals surface area contributed by atoms with Crippen LogP contribution in [0, 0.1) is 5.92 Å². The number of thiophene rings is 1. The van der Waals surface area contributed by atoms with Crippen molar-refractivity contribution in [2.75, 3.05) is 18.2 Å². The van der Waals surface area contributed by atoms with Gasteiger partial charge in [-0.15, -0.1) is 21.5 Å². The molecule has 36 heavy (non-hydrogen) atoms. The number of ether oxygens (including phenoxy) is 1. The summed E-state index contributed by atoms with van der Waals surface area (Å²) < 4.78 is 7.05. The van der Waals surface area contributed by atoms with E-state index in [0.29, 0.717) is 28.2 Å². The molecule has 1 aromatic carbocycles. The van der Waals surface area contributed by atoms with E-state index in [2.05, 4.69) is 67.5 Å². The highest BCUT2D eigenvalue weighted by molar-refractivity contribution is 7.99. The number of rotatable bonds is 7. The van der Waals surface area contributed by atoms with E-state index in [1.165, 1.54) is 40.6 Å². The lowest BCUT2D eigenvalue weighted by Gasteiger charge is -2.19. The molecule has 1 atom stereocenters. The Balaban J connectivity index is 1.48. The van der Waals surface area contributed by atoms with Crippen molar-refractivity contribution in [1.29, 1.82) is 0 Å². The third kappa shape index (κ3) is 5.52. The summed E-state index contributed by atoms with van der Waals surface area (Å²) in [7, 11) is 1.38. The first kappa shape index (κ1) is 26.4. The zero-order valence-corrected chi connectivity index (χ0v) is 23.4. The number of esters is 1. The molecule has 192 valence electrons. The van der Waals surface area contributed by atoms with Crippen molar-refractivity contribution in [2.24, 2.45) is 5.92 Å². The fourth-order valence-corrected chi connectivity index (χ4v) is 6.68. The van der Waals surface area contributed by atoms with Crippen LogP contribution in [-0.2, 0) is 34.3 Å². The summed E-state index contributed by atoms with van der Waals surface area (Å²) in [6.07, 6.45) is 2.79. The molecule has 0 radical (unpaired) electrons. The number of aromatic nitrogens is 3. The molecule has 7 nitrogen and oxygen atoms in total. The molecule has 4 rings (SSSR count). The van der Waals surface area contributed by atoms with E-state index < -0.39 is 5.97 Å². The number of hydrogen-bond donors (Lipinski definition) is 1. The van der Waals surface area contributed by atoms with Gasteiger partial charge in [0.15, 0.2) is 11.0 Å². The number of carbonyl (C=O) groups excluding carboxylic acids is 2. The van der Waals surface area contributed by atoms with Gasteiger partial charge in [0.2, 0.25) is 5.91 Å². The molecule has 0 saturated heterocycles. The highest BCUT2D eigenvalue weighted by atomic mass is 32.2. The number of fused-ring (bicyclic) bond motifs is 1. The Bertz CT molecular complexity index is 1260. The average Bonchev–Trinajstić information content (AvgIpc) is 3.41. The summed E-state index contributed by atoms with van der Waals surface area (Å²) in [6.45, 7) is 11.5. The van der Waals surface area contributed by atoms with Crippen LogP contribution < -0.4 is 5.32 Å². The van der Waals surface area contributed by atoms with Crippen LogP contribution in [0.2, 0.25) is 0 Å². The predicted octanol–water partition coefficient (Wildman–Crippen LogP) is 5.97. The normalized spacial score (nSPS) is 15.4. The molecule has 0 spiro atoms. The SMILES string of the molecule is CCn1c(SCC(=O)Nc2sc3c(c2C(=O)OC)CCC(C)C3)nnc1-c1ccc(C(C)(C)C)cc1. The lowest BCUT2D eigenvalue weighted by molar-refractivity contribution is -0.113. The van der Waals surface area contributed by atoms with Gasteiger partial charge in [-0.3, -0.25) is 4.79 Å². The molecular weight excluding hydrogens is 492 g/mol. The average molecular weight is 527 g/mol. The van der Waals surface area contributed by atoms with Crippen molar-refractivity contribution < 1.29 is 14.3 Å². The molecule has 1 N–H and O–H groups in total. The number of hydrogen-bond acceptors (Lipinski definition) is 7. The summed E-state index contributed by atoms with van der Waals surface area (Å²) in [6, 6.07) is 8.41. The van der Waals surface area contributed by atoms with E-state index >= 15 is 0 Å². The molecule has 2 heterocycles. The Kier molecular flexibility index (Phi) is 7.90. The van der Waals surface area contributed by atoms with Gasteiger partial charge in [0.1, 0.15) is 5.00 Å². The molecule has 0 fully saturated rings. The quantitative estimate of drug-likeness (QED) is 0.302. The van der Waals surface area contributed by atoms with Gasteiger partial charge < -0.3 is 14.6 Å². The molecule has 2 aromatic heterocycles. The van der Waals surface area contributed by atoms with Gasteiger partial charge in [0.05, 0.1) is 18.4 Å². The number of nitrogens with zero attached hydrogens (tertiary/aromatic N) is 3. The largest absolute Gasteiger partial charge is 0.465 e. The van der Waals surface area contributed by atoms with Gasteiger partial charge >= 0.3 is 5.97 Å². The third-order valence-electron chi connectivity index (χ3n) is 6.53. The van der Waals surface area contributed by atoms with Crippen LogP contribution in [0.15, 0.2) is 29.4 Å². The molecule has 3 aromatic rings. The van der Waals surface area contributed by atoms with Gasteiger partial charge in [-0.1, -0.05) is 63.7 Å². The van der Waals surface area contributed by atoms with Crippen molar-refractivity contribution in [2.45, 2.75) is 71.0 Å². The topological polar surface area (TPSA) is 86.1 Å². The van der Waals surface area contributed by atoms with E-state index in [9.17, 15) is 9.59 Å². The predicted molar refractivity (Wildman–Crippen MR) is 146 cm³/mol. The van der Waals surface area contributed by atoms with E-state index in [1.54, 1.807) is 0 Å². The van der Waals surface area contributed by atoms with E-state index in [-0.39, 0.29) is 17.1 Å². The third-order valence-corrected chi connectivity index (χ3v) is 8.67. The first-order valence-electron chi connectivity index (χ1n) is 12.3. The van der Waals surface area contributed by atoms with Gasteiger partial charge in [-0.05, 0) is 48.6 Å². The highest BCUT2D eigenvalue weighted by Gasteiger charge is 2.29. The second kappa shape index (κ2) is 10.8. The first-order chi connectivity index (χ1) is 17.1. The maximum atomic E-state index is 12.9. The van der Waals surface area contributed by atoms with Gasteiger partial charge in [0.25, 0.3) is 0 Å². The molecule has 0 saturated carbocycles. The Hall–Kier alpha value is -2.65. The number of carbonyl (C=O) groups is 2. The van der Waals surface area contributed by atoms with Crippen LogP contribution >= 0.6 is 23.1 Å². The zero-order valence-electron chi connectivity index (χ0n) is 21.8. The van der Waals surface area contributed by atoms with E-state index in [0.717, 1.165) is 36.2 Å². The molecule has 0 aliphatic heterocycles. The smallest absolute Gasteiger partial charge is 0.341 e. The van der Waals surface area contributed by atoms with Crippen LogP contribution in [0.4, 0.5) is 5.00 Å². The van der Waals surface area contributed by atoms with E-state index in [4.69, 9.17) is 4.74 Å². The fraction of sp³-hybridized carbons (Fsp3) is 0.481. The van der Waals surface area contributed by atoms with Crippen LogP contribution in [0.1, 0.15) is 67.4 Å². The number of methoxy groups -OCH3 is 1. The number of thioether (sulfide) groups is 1. The van der Waals surface area contributed by atoms with E-state index in [1.807, 2.05) is 11.5 Å². The molecule has 1 aliphatic carbocycles. The Morgan fingerprint density at radius 1 is 1.22 bits per heavy atom. The second-order valence-corrected chi connectivity index (χ2v) is 12.3. The number of amides is 1. The number of anilines is 1. The van der Waals surface area contributed by atoms with Gasteiger partial charge in [-0.25, -0.2) is 4.79 Å². The number of benzene rings is 1. The fourth-order valence-electron chi connectivity index (χ4n) is 4.46. The minimum atomic E-state index is -0.391. The molecule has 1 aliphatic rings. The van der Waals surface area contributed by atoms with Crippen molar-refractivity contribution >= 4 is 40.0 Å². The number of nitrogens with one attached hydrogen (secondary N) is 1. The van der Waals surface area contributed by atoms with Crippen molar-refractivity contribution in [3.05, 3.63) is 45.8 Å². The summed E-state index contributed by atoms with van der Waals surface area (Å²) >= 11 is 2.84. The summed E-state index contributed by atoms with van der Waals surface area (Å²) in [4.78, 5) is 26.6. The Labute approximate surface area is 221 Å². The van der Waals surface area contributed by atoms with Crippen LogP contribution in [0.3, 0.4) is 0 Å². The van der Waals surface area contributed by atoms with Crippen molar-refractivity contribution in [3.8, 4) is 11.4 Å². The van der Waals surface area contributed by atoms with Crippen molar-refractivity contribution in [1.82, 2.24) is 14.8 Å². The molecular formula is C27H34N4O3S2. The second-order valence-electron chi connectivity index (χ2n) is 10.3. The summed E-state index contributed by atoms with van der Waals surface area (Å²) in [5.74, 6) is 0.950. The first-order valence-corrected chi connectivity index (χ1v) is 14.1. The minimum Gasteiger partial charge on any atom is -0.465 e. The minimum absolute atomic E-state index is 0.0825. The summed E-state index contributed by atoms with van der Waals surface area (Å²) in [5, 5.41) is 13.0. The Morgan fingerprint density at radius 3 is 2.58 bits per heavy atom. The van der Waals surface area contributed by atoms with Gasteiger partial charge in [-0.2, -0.15) is 0 Å². The Morgan fingerprint density at radius 2 is 1.94 bits per heavy atom. The lowest BCUT2D eigenvalue weighted by atomic mass is 9.87. The zero-order chi connectivity index (χ0) is 26.0. The maximum Gasteiger partial charge on any atom is 0.341 e. The molecule has 9 heteroatoms. The van der Waals surface area contributed by atoms with Crippen molar-refractivity contribution in [3.63, 3.8) is 0 Å². The highest BCUT2D eigenvalue weighted by Crippen LogP contribution is 2.40. The van der Waals surface area contributed by atoms with Crippen LogP contribution in [-0.4, -0.2) is 39.5 Å². The molecule has 1 amide bonds. The molecule has 0 bridgehead atoms. The van der Waals surface area contributed by atoms with Gasteiger partial charge in [0, 0.05) is 17.0 Å². The monoisotopic (exact) mass is 526 g/mol.